The molecular formula is C14H13Br2NO. The van der Waals surface area contributed by atoms with Gasteiger partial charge in [-0.15, -0.1) is 0 Å². The Hall–Kier alpha value is -0.710. The molecule has 0 radical (unpaired) electrons. The van der Waals surface area contributed by atoms with Gasteiger partial charge in [0.1, 0.15) is 0 Å². The third kappa shape index (κ3) is 3.40. The number of hydrogen-bond donors (Lipinski definition) is 1. The highest BCUT2D eigenvalue weighted by Crippen LogP contribution is 2.24. The minimum atomic E-state index is -0.507. The molecule has 1 atom stereocenters. The topological polar surface area (TPSA) is 33.1 Å². The molecule has 2 rings (SSSR count). The number of benzene rings is 1. The zero-order valence-corrected chi connectivity index (χ0v) is 13.1. The molecule has 1 unspecified atom stereocenters. The third-order valence-corrected chi connectivity index (χ3v) is 4.08. The molecule has 18 heavy (non-hydrogen) atoms. The molecule has 1 aromatic heterocycles. The first kappa shape index (κ1) is 13.7. The largest absolute Gasteiger partial charge is 0.388 e. The molecule has 1 heterocycles. The molecule has 0 aliphatic carbocycles. The van der Waals surface area contributed by atoms with Gasteiger partial charge >= 0.3 is 0 Å². The number of nitrogens with zero attached hydrogens (tertiary/aromatic N) is 1. The maximum Gasteiger partial charge on any atom is 0.0831 e. The molecular weight excluding hydrogens is 358 g/mol. The summed E-state index contributed by atoms with van der Waals surface area (Å²) < 4.78 is 1.99. The normalized spacial score (nSPS) is 12.4. The molecule has 2 nitrogen and oxygen atoms in total. The summed E-state index contributed by atoms with van der Waals surface area (Å²) in [6, 6.07) is 7.88. The van der Waals surface area contributed by atoms with Gasteiger partial charge in [0.05, 0.1) is 6.10 Å². The SMILES string of the molecule is Cc1cc(C(O)Cc2cncc(Br)c2)ccc1Br. The Balaban J connectivity index is 2.16. The molecule has 0 bridgehead atoms. The van der Waals surface area contributed by atoms with Crippen molar-refractivity contribution in [3.05, 3.63) is 62.3 Å². The van der Waals surface area contributed by atoms with Crippen LogP contribution in [0.5, 0.6) is 0 Å². The third-order valence-electron chi connectivity index (χ3n) is 2.76. The van der Waals surface area contributed by atoms with Crippen LogP contribution in [0.4, 0.5) is 0 Å². The fourth-order valence-corrected chi connectivity index (χ4v) is 2.44. The molecule has 0 amide bonds. The molecule has 1 aromatic carbocycles. The Kier molecular flexibility index (Phi) is 4.54. The summed E-state index contributed by atoms with van der Waals surface area (Å²) >= 11 is 6.84. The van der Waals surface area contributed by atoms with Crippen LogP contribution < -0.4 is 0 Å². The summed E-state index contributed by atoms with van der Waals surface area (Å²) in [5.41, 5.74) is 3.06. The molecule has 94 valence electrons. The molecule has 0 saturated carbocycles. The molecule has 2 aromatic rings. The van der Waals surface area contributed by atoms with E-state index in [4.69, 9.17) is 0 Å². The number of pyridine rings is 1. The number of aryl methyl sites for hydroxylation is 1. The summed E-state index contributed by atoms with van der Waals surface area (Å²) in [5, 5.41) is 10.2. The van der Waals surface area contributed by atoms with E-state index in [1.807, 2.05) is 31.2 Å². The smallest absolute Gasteiger partial charge is 0.0831 e. The predicted molar refractivity (Wildman–Crippen MR) is 79.5 cm³/mol. The summed E-state index contributed by atoms with van der Waals surface area (Å²) in [4.78, 5) is 4.10. The van der Waals surface area contributed by atoms with Gasteiger partial charge in [-0.25, -0.2) is 0 Å². The van der Waals surface area contributed by atoms with Crippen LogP contribution in [0.15, 0.2) is 45.6 Å². The second kappa shape index (κ2) is 5.95. The lowest BCUT2D eigenvalue weighted by atomic mass is 10.0. The highest BCUT2D eigenvalue weighted by atomic mass is 79.9. The monoisotopic (exact) mass is 369 g/mol. The number of aliphatic hydroxyl groups excluding tert-OH is 1. The molecule has 0 spiro atoms. The van der Waals surface area contributed by atoms with Crippen molar-refractivity contribution in [1.29, 1.82) is 0 Å². The van der Waals surface area contributed by atoms with Gasteiger partial charge in [0.15, 0.2) is 0 Å². The van der Waals surface area contributed by atoms with Crippen molar-refractivity contribution in [3.8, 4) is 0 Å². The van der Waals surface area contributed by atoms with E-state index in [0.717, 1.165) is 25.6 Å². The molecule has 0 aliphatic rings. The van der Waals surface area contributed by atoms with E-state index in [9.17, 15) is 5.11 Å². The van der Waals surface area contributed by atoms with Crippen molar-refractivity contribution >= 4 is 31.9 Å². The van der Waals surface area contributed by atoms with Gasteiger partial charge in [-0.3, -0.25) is 4.98 Å². The second-order valence-electron chi connectivity index (χ2n) is 4.24. The van der Waals surface area contributed by atoms with Crippen LogP contribution in [0.1, 0.15) is 22.8 Å². The van der Waals surface area contributed by atoms with Crippen LogP contribution >= 0.6 is 31.9 Å². The maximum absolute atomic E-state index is 10.2. The zero-order chi connectivity index (χ0) is 13.1. The fraction of sp³-hybridized carbons (Fsp3) is 0.214. The summed E-state index contributed by atoms with van der Waals surface area (Å²) in [7, 11) is 0. The first-order valence-electron chi connectivity index (χ1n) is 5.60. The second-order valence-corrected chi connectivity index (χ2v) is 6.01. The minimum Gasteiger partial charge on any atom is -0.388 e. The Morgan fingerprint density at radius 3 is 2.67 bits per heavy atom. The van der Waals surface area contributed by atoms with Gasteiger partial charge in [-0.1, -0.05) is 28.1 Å². The summed E-state index contributed by atoms with van der Waals surface area (Å²) in [5.74, 6) is 0. The first-order chi connectivity index (χ1) is 8.56. The van der Waals surface area contributed by atoms with Crippen LogP contribution in [0.2, 0.25) is 0 Å². The average molecular weight is 371 g/mol. The van der Waals surface area contributed by atoms with Crippen LogP contribution in [-0.4, -0.2) is 10.1 Å². The lowest BCUT2D eigenvalue weighted by molar-refractivity contribution is 0.178. The Morgan fingerprint density at radius 1 is 1.22 bits per heavy atom. The quantitative estimate of drug-likeness (QED) is 0.878. The van der Waals surface area contributed by atoms with Crippen molar-refractivity contribution in [2.75, 3.05) is 0 Å². The van der Waals surface area contributed by atoms with Crippen LogP contribution in [0, 0.1) is 6.92 Å². The lowest BCUT2D eigenvalue weighted by Gasteiger charge is -2.12. The number of halogens is 2. The maximum atomic E-state index is 10.2. The summed E-state index contributed by atoms with van der Waals surface area (Å²) in [6.45, 7) is 2.01. The Labute approximate surface area is 123 Å². The van der Waals surface area contributed by atoms with Crippen LogP contribution in [0.25, 0.3) is 0 Å². The van der Waals surface area contributed by atoms with Crippen LogP contribution in [0.3, 0.4) is 0 Å². The van der Waals surface area contributed by atoms with E-state index >= 15 is 0 Å². The van der Waals surface area contributed by atoms with Gasteiger partial charge in [-0.2, -0.15) is 0 Å². The predicted octanol–water partition coefficient (Wildman–Crippen LogP) is 4.19. The number of aliphatic hydroxyl groups is 1. The van der Waals surface area contributed by atoms with Gasteiger partial charge in [0.25, 0.3) is 0 Å². The van der Waals surface area contributed by atoms with E-state index < -0.39 is 6.10 Å². The van der Waals surface area contributed by atoms with Gasteiger partial charge in [-0.05, 0) is 51.7 Å². The summed E-state index contributed by atoms with van der Waals surface area (Å²) in [6.07, 6.45) is 3.57. The Bertz CT molecular complexity index is 557. The number of rotatable bonds is 3. The molecule has 0 saturated heterocycles. The zero-order valence-electron chi connectivity index (χ0n) is 9.90. The van der Waals surface area contributed by atoms with E-state index in [1.54, 1.807) is 12.4 Å². The molecule has 4 heteroatoms. The van der Waals surface area contributed by atoms with E-state index in [1.165, 1.54) is 0 Å². The first-order valence-corrected chi connectivity index (χ1v) is 7.18. The lowest BCUT2D eigenvalue weighted by Crippen LogP contribution is -2.02. The number of aromatic nitrogens is 1. The van der Waals surface area contributed by atoms with Crippen molar-refractivity contribution < 1.29 is 5.11 Å². The average Bonchev–Trinajstić information content (AvgIpc) is 2.32. The van der Waals surface area contributed by atoms with E-state index in [0.29, 0.717) is 6.42 Å². The van der Waals surface area contributed by atoms with Gasteiger partial charge in [0, 0.05) is 27.8 Å². The standard InChI is InChI=1S/C14H13Br2NO/c1-9-4-11(2-3-13(9)16)14(18)6-10-5-12(15)8-17-7-10/h2-5,7-8,14,18H,6H2,1H3. The molecule has 1 N–H and O–H groups in total. The van der Waals surface area contributed by atoms with Crippen LogP contribution in [-0.2, 0) is 6.42 Å². The number of hydrogen-bond acceptors (Lipinski definition) is 2. The van der Waals surface area contributed by atoms with E-state index in [2.05, 4.69) is 36.8 Å². The van der Waals surface area contributed by atoms with Crippen molar-refractivity contribution in [2.24, 2.45) is 0 Å². The minimum absolute atomic E-state index is 0.507. The highest BCUT2D eigenvalue weighted by Gasteiger charge is 2.10. The van der Waals surface area contributed by atoms with Crippen molar-refractivity contribution in [3.63, 3.8) is 0 Å². The Morgan fingerprint density at radius 2 is 2.00 bits per heavy atom. The fourth-order valence-electron chi connectivity index (χ4n) is 1.78. The van der Waals surface area contributed by atoms with Crippen molar-refractivity contribution in [2.45, 2.75) is 19.4 Å². The van der Waals surface area contributed by atoms with Gasteiger partial charge < -0.3 is 5.11 Å². The molecule has 0 aliphatic heterocycles. The highest BCUT2D eigenvalue weighted by molar-refractivity contribution is 9.10. The molecule has 0 fully saturated rings. The van der Waals surface area contributed by atoms with Gasteiger partial charge in [0.2, 0.25) is 0 Å². The van der Waals surface area contributed by atoms with E-state index in [-0.39, 0.29) is 0 Å². The van der Waals surface area contributed by atoms with Crippen molar-refractivity contribution in [1.82, 2.24) is 4.98 Å².